The van der Waals surface area contributed by atoms with E-state index in [1.807, 2.05) is 0 Å². The van der Waals surface area contributed by atoms with Crippen molar-refractivity contribution in [3.63, 3.8) is 0 Å². The molecule has 0 unspecified atom stereocenters. The van der Waals surface area contributed by atoms with E-state index in [4.69, 9.17) is 0 Å². The molecule has 0 aromatic heterocycles. The summed E-state index contributed by atoms with van der Waals surface area (Å²) in [6.45, 7) is 6.08. The Balaban J connectivity index is 1.48. The van der Waals surface area contributed by atoms with E-state index in [0.717, 1.165) is 5.92 Å². The van der Waals surface area contributed by atoms with E-state index >= 15 is 0 Å². The van der Waals surface area contributed by atoms with E-state index < -0.39 is 0 Å². The van der Waals surface area contributed by atoms with Crippen LogP contribution in [0.15, 0.2) is 42.5 Å². The Morgan fingerprint density at radius 3 is 2.42 bits per heavy atom. The van der Waals surface area contributed by atoms with Gasteiger partial charge in [-0.15, -0.1) is 0 Å². The van der Waals surface area contributed by atoms with Crippen molar-refractivity contribution >= 4 is 5.69 Å². The van der Waals surface area contributed by atoms with E-state index in [1.165, 1.54) is 57.7 Å². The van der Waals surface area contributed by atoms with E-state index in [1.54, 1.807) is 0 Å². The molecule has 1 aromatic rings. The first-order chi connectivity index (χ1) is 9.42. The molecule has 1 fully saturated rings. The van der Waals surface area contributed by atoms with Gasteiger partial charge in [0, 0.05) is 38.4 Å². The molecule has 19 heavy (non-hydrogen) atoms. The highest BCUT2D eigenvalue weighted by molar-refractivity contribution is 5.46. The fourth-order valence-corrected chi connectivity index (χ4v) is 3.21. The number of rotatable bonds is 3. The highest BCUT2D eigenvalue weighted by Crippen LogP contribution is 2.21. The van der Waals surface area contributed by atoms with Crippen molar-refractivity contribution in [1.29, 1.82) is 0 Å². The molecule has 1 aliphatic heterocycles. The third-order valence-corrected chi connectivity index (χ3v) is 4.39. The van der Waals surface area contributed by atoms with Gasteiger partial charge >= 0.3 is 0 Å². The Morgan fingerprint density at radius 2 is 1.74 bits per heavy atom. The molecule has 0 amide bonds. The van der Waals surface area contributed by atoms with Crippen molar-refractivity contribution in [3.8, 4) is 0 Å². The number of anilines is 1. The van der Waals surface area contributed by atoms with Gasteiger partial charge in [0.25, 0.3) is 0 Å². The lowest BCUT2D eigenvalue weighted by atomic mass is 9.94. The number of para-hydroxylation sites is 1. The molecule has 3 rings (SSSR count). The van der Waals surface area contributed by atoms with E-state index in [-0.39, 0.29) is 0 Å². The fourth-order valence-electron chi connectivity index (χ4n) is 3.21. The van der Waals surface area contributed by atoms with Gasteiger partial charge in [0.15, 0.2) is 0 Å². The summed E-state index contributed by atoms with van der Waals surface area (Å²) < 4.78 is 0. The molecule has 2 heteroatoms. The van der Waals surface area contributed by atoms with Crippen molar-refractivity contribution in [2.45, 2.75) is 19.3 Å². The number of piperazine rings is 1. The van der Waals surface area contributed by atoms with Gasteiger partial charge in [0.05, 0.1) is 0 Å². The predicted molar refractivity (Wildman–Crippen MR) is 81.6 cm³/mol. The Labute approximate surface area is 116 Å². The second-order valence-corrected chi connectivity index (χ2v) is 5.77. The van der Waals surface area contributed by atoms with Gasteiger partial charge in [-0.2, -0.15) is 0 Å². The first-order valence-electron chi connectivity index (χ1n) is 7.59. The molecule has 0 spiro atoms. The Morgan fingerprint density at radius 1 is 0.947 bits per heavy atom. The summed E-state index contributed by atoms with van der Waals surface area (Å²) in [6, 6.07) is 10.8. The minimum atomic E-state index is 0.897. The smallest absolute Gasteiger partial charge is 0.0367 e. The first-order valence-corrected chi connectivity index (χ1v) is 7.59. The molecule has 0 radical (unpaired) electrons. The Hall–Kier alpha value is -1.28. The van der Waals surface area contributed by atoms with E-state index in [0.29, 0.717) is 0 Å². The predicted octanol–water partition coefficient (Wildman–Crippen LogP) is 3.16. The van der Waals surface area contributed by atoms with Crippen LogP contribution in [-0.4, -0.2) is 37.6 Å². The second kappa shape index (κ2) is 6.25. The van der Waals surface area contributed by atoms with Gasteiger partial charge < -0.3 is 4.90 Å². The first kappa shape index (κ1) is 12.7. The maximum atomic E-state index is 2.66. The minimum absolute atomic E-state index is 0.897. The minimum Gasteiger partial charge on any atom is -0.369 e. The fraction of sp³-hybridized carbons (Fsp3) is 0.529. The number of hydrogen-bond donors (Lipinski definition) is 0. The number of hydrogen-bond acceptors (Lipinski definition) is 2. The lowest BCUT2D eigenvalue weighted by molar-refractivity contribution is 0.211. The Bertz CT molecular complexity index is 405. The molecule has 0 bridgehead atoms. The molecule has 2 nitrogen and oxygen atoms in total. The highest BCUT2D eigenvalue weighted by atomic mass is 15.3. The topological polar surface area (TPSA) is 6.48 Å². The molecule has 0 saturated carbocycles. The molecule has 1 saturated heterocycles. The zero-order chi connectivity index (χ0) is 12.9. The van der Waals surface area contributed by atoms with Gasteiger partial charge in [-0.05, 0) is 37.3 Å². The van der Waals surface area contributed by atoms with Crippen molar-refractivity contribution in [1.82, 2.24) is 4.90 Å². The lowest BCUT2D eigenvalue weighted by Gasteiger charge is -2.37. The maximum Gasteiger partial charge on any atom is 0.0367 e. The summed E-state index contributed by atoms with van der Waals surface area (Å²) >= 11 is 0. The van der Waals surface area contributed by atoms with Gasteiger partial charge in [-0.25, -0.2) is 0 Å². The summed E-state index contributed by atoms with van der Waals surface area (Å²) in [7, 11) is 0. The average molecular weight is 256 g/mol. The zero-order valence-corrected chi connectivity index (χ0v) is 11.7. The van der Waals surface area contributed by atoms with Crippen LogP contribution in [0, 0.1) is 5.92 Å². The Kier molecular flexibility index (Phi) is 4.19. The molecular formula is C17H24N2. The zero-order valence-electron chi connectivity index (χ0n) is 11.7. The van der Waals surface area contributed by atoms with Crippen LogP contribution in [0.3, 0.4) is 0 Å². The van der Waals surface area contributed by atoms with Crippen LogP contribution in [0.2, 0.25) is 0 Å². The SMILES string of the molecule is C1=CC[C@@H](CN2CCN(c3ccccc3)CC2)CC1. The number of nitrogens with zero attached hydrogens (tertiary/aromatic N) is 2. The molecule has 102 valence electrons. The van der Waals surface area contributed by atoms with Crippen LogP contribution >= 0.6 is 0 Å². The summed E-state index contributed by atoms with van der Waals surface area (Å²) in [6.07, 6.45) is 8.67. The summed E-state index contributed by atoms with van der Waals surface area (Å²) in [5.41, 5.74) is 1.38. The molecule has 2 aliphatic rings. The third kappa shape index (κ3) is 3.38. The van der Waals surface area contributed by atoms with Crippen molar-refractivity contribution in [2.24, 2.45) is 5.92 Å². The number of allylic oxidation sites excluding steroid dienone is 2. The van der Waals surface area contributed by atoms with Gasteiger partial charge in [-0.1, -0.05) is 30.4 Å². The van der Waals surface area contributed by atoms with Crippen molar-refractivity contribution < 1.29 is 0 Å². The van der Waals surface area contributed by atoms with Crippen molar-refractivity contribution in [3.05, 3.63) is 42.5 Å². The average Bonchev–Trinajstić information content (AvgIpc) is 2.50. The summed E-state index contributed by atoms with van der Waals surface area (Å²) in [5.74, 6) is 0.897. The largest absolute Gasteiger partial charge is 0.369 e. The van der Waals surface area contributed by atoms with Crippen molar-refractivity contribution in [2.75, 3.05) is 37.6 Å². The van der Waals surface area contributed by atoms with Gasteiger partial charge in [0.1, 0.15) is 0 Å². The molecule has 1 atom stereocenters. The lowest BCUT2D eigenvalue weighted by Crippen LogP contribution is -2.47. The van der Waals surface area contributed by atoms with Crippen LogP contribution in [-0.2, 0) is 0 Å². The monoisotopic (exact) mass is 256 g/mol. The second-order valence-electron chi connectivity index (χ2n) is 5.77. The van der Waals surface area contributed by atoms with Gasteiger partial charge in [-0.3, -0.25) is 4.90 Å². The third-order valence-electron chi connectivity index (χ3n) is 4.39. The quantitative estimate of drug-likeness (QED) is 0.767. The molecule has 1 aromatic carbocycles. The normalized spacial score (nSPS) is 24.6. The molecule has 0 N–H and O–H groups in total. The number of benzene rings is 1. The van der Waals surface area contributed by atoms with Crippen LogP contribution in [0.25, 0.3) is 0 Å². The van der Waals surface area contributed by atoms with Crippen LogP contribution in [0.5, 0.6) is 0 Å². The summed E-state index contributed by atoms with van der Waals surface area (Å²) in [5, 5.41) is 0. The van der Waals surface area contributed by atoms with Crippen LogP contribution < -0.4 is 4.90 Å². The van der Waals surface area contributed by atoms with Crippen LogP contribution in [0.4, 0.5) is 5.69 Å². The highest BCUT2D eigenvalue weighted by Gasteiger charge is 2.20. The maximum absolute atomic E-state index is 2.66. The van der Waals surface area contributed by atoms with Gasteiger partial charge in [0.2, 0.25) is 0 Å². The van der Waals surface area contributed by atoms with E-state index in [9.17, 15) is 0 Å². The standard InChI is InChI=1S/C17H24N2/c1-3-7-16(8-4-1)15-18-11-13-19(14-12-18)17-9-5-2-6-10-17/h1-3,5-6,9-10,16H,4,7-8,11-15H2/t16-/m1/s1. The molecular weight excluding hydrogens is 232 g/mol. The molecule has 1 heterocycles. The van der Waals surface area contributed by atoms with Crippen LogP contribution in [0.1, 0.15) is 19.3 Å². The summed E-state index contributed by atoms with van der Waals surface area (Å²) in [4.78, 5) is 5.17. The molecule has 1 aliphatic carbocycles. The van der Waals surface area contributed by atoms with E-state index in [2.05, 4.69) is 52.3 Å².